The number of anilines is 1. The Morgan fingerprint density at radius 2 is 1.90 bits per heavy atom. The van der Waals surface area contributed by atoms with Crippen LogP contribution in [0.5, 0.6) is 0 Å². The van der Waals surface area contributed by atoms with Crippen LogP contribution in [0.3, 0.4) is 0 Å². The lowest BCUT2D eigenvalue weighted by molar-refractivity contribution is -0.113. The number of hydrogen-bond donors (Lipinski definition) is 2. The highest BCUT2D eigenvalue weighted by Crippen LogP contribution is 2.15. The van der Waals surface area contributed by atoms with Gasteiger partial charge in [0.2, 0.25) is 11.8 Å². The molecule has 0 spiro atoms. The molecular formula is C14H13N3O2S. The van der Waals surface area contributed by atoms with Crippen molar-refractivity contribution >= 4 is 29.3 Å². The summed E-state index contributed by atoms with van der Waals surface area (Å²) < 4.78 is 0. The number of rotatable bonds is 5. The summed E-state index contributed by atoms with van der Waals surface area (Å²) in [6.45, 7) is 0. The van der Waals surface area contributed by atoms with Gasteiger partial charge in [0.25, 0.3) is 0 Å². The number of carbonyl (C=O) groups is 2. The molecule has 5 nitrogen and oxygen atoms in total. The third kappa shape index (κ3) is 4.10. The van der Waals surface area contributed by atoms with E-state index in [1.54, 1.807) is 30.5 Å². The molecule has 2 aromatic rings. The SMILES string of the molecule is NC(=O)c1ccc(NC(=O)CSc2ccccn2)cc1. The third-order valence-corrected chi connectivity index (χ3v) is 3.39. The summed E-state index contributed by atoms with van der Waals surface area (Å²) in [7, 11) is 0. The van der Waals surface area contributed by atoms with Crippen molar-refractivity contribution in [3.63, 3.8) is 0 Å². The Balaban J connectivity index is 1.86. The summed E-state index contributed by atoms with van der Waals surface area (Å²) in [6.07, 6.45) is 1.68. The highest BCUT2D eigenvalue weighted by Gasteiger charge is 2.05. The van der Waals surface area contributed by atoms with Crippen molar-refractivity contribution in [1.82, 2.24) is 4.98 Å². The topological polar surface area (TPSA) is 85.1 Å². The predicted molar refractivity (Wildman–Crippen MR) is 78.6 cm³/mol. The molecule has 0 atom stereocenters. The van der Waals surface area contributed by atoms with Crippen LogP contribution in [0.25, 0.3) is 0 Å². The molecule has 0 fully saturated rings. The first-order chi connectivity index (χ1) is 9.65. The van der Waals surface area contributed by atoms with Crippen LogP contribution in [0, 0.1) is 0 Å². The number of pyridine rings is 1. The highest BCUT2D eigenvalue weighted by atomic mass is 32.2. The summed E-state index contributed by atoms with van der Waals surface area (Å²) in [6, 6.07) is 12.0. The van der Waals surface area contributed by atoms with Crippen molar-refractivity contribution in [1.29, 1.82) is 0 Å². The first kappa shape index (κ1) is 14.1. The zero-order valence-electron chi connectivity index (χ0n) is 10.6. The first-order valence-electron chi connectivity index (χ1n) is 5.89. The van der Waals surface area contributed by atoms with Crippen molar-refractivity contribution in [2.45, 2.75) is 5.03 Å². The molecule has 0 saturated heterocycles. The van der Waals surface area contributed by atoms with Crippen molar-refractivity contribution in [3.8, 4) is 0 Å². The maximum atomic E-state index is 11.8. The Labute approximate surface area is 120 Å². The van der Waals surface area contributed by atoms with Gasteiger partial charge in [-0.05, 0) is 36.4 Å². The molecule has 0 aliphatic carbocycles. The monoisotopic (exact) mass is 287 g/mol. The minimum absolute atomic E-state index is 0.132. The summed E-state index contributed by atoms with van der Waals surface area (Å²) >= 11 is 1.36. The van der Waals surface area contributed by atoms with Crippen molar-refractivity contribution in [2.75, 3.05) is 11.1 Å². The Morgan fingerprint density at radius 1 is 1.15 bits per heavy atom. The average Bonchev–Trinajstić information content (AvgIpc) is 2.47. The van der Waals surface area contributed by atoms with E-state index in [1.807, 2.05) is 18.2 Å². The smallest absolute Gasteiger partial charge is 0.248 e. The fourth-order valence-corrected chi connectivity index (χ4v) is 2.15. The lowest BCUT2D eigenvalue weighted by Crippen LogP contribution is -2.15. The van der Waals surface area contributed by atoms with E-state index >= 15 is 0 Å². The Morgan fingerprint density at radius 3 is 2.50 bits per heavy atom. The number of benzene rings is 1. The van der Waals surface area contributed by atoms with Gasteiger partial charge in [-0.1, -0.05) is 17.8 Å². The van der Waals surface area contributed by atoms with Gasteiger partial charge in [-0.15, -0.1) is 0 Å². The van der Waals surface area contributed by atoms with Gasteiger partial charge in [-0.3, -0.25) is 9.59 Å². The standard InChI is InChI=1S/C14H13N3O2S/c15-14(19)10-4-6-11(7-5-10)17-12(18)9-20-13-3-1-2-8-16-13/h1-8H,9H2,(H2,15,19)(H,17,18). The largest absolute Gasteiger partial charge is 0.366 e. The van der Waals surface area contributed by atoms with Crippen LogP contribution in [-0.2, 0) is 4.79 Å². The zero-order chi connectivity index (χ0) is 14.4. The van der Waals surface area contributed by atoms with E-state index in [9.17, 15) is 9.59 Å². The van der Waals surface area contributed by atoms with Crippen molar-refractivity contribution in [3.05, 3.63) is 54.2 Å². The van der Waals surface area contributed by atoms with Crippen LogP contribution < -0.4 is 11.1 Å². The molecule has 1 heterocycles. The van der Waals surface area contributed by atoms with Gasteiger partial charge in [-0.25, -0.2) is 4.98 Å². The molecule has 0 radical (unpaired) electrons. The van der Waals surface area contributed by atoms with E-state index in [2.05, 4.69) is 10.3 Å². The second-order valence-electron chi connectivity index (χ2n) is 3.95. The van der Waals surface area contributed by atoms with E-state index in [0.29, 0.717) is 11.3 Å². The molecule has 1 aromatic carbocycles. The Hall–Kier alpha value is -2.34. The lowest BCUT2D eigenvalue weighted by atomic mass is 10.2. The number of carbonyl (C=O) groups excluding carboxylic acids is 2. The van der Waals surface area contributed by atoms with Gasteiger partial charge < -0.3 is 11.1 Å². The number of nitrogens with two attached hydrogens (primary N) is 1. The summed E-state index contributed by atoms with van der Waals surface area (Å²) in [5.41, 5.74) is 6.18. The number of hydrogen-bond acceptors (Lipinski definition) is 4. The Kier molecular flexibility index (Phi) is 4.73. The van der Waals surface area contributed by atoms with Gasteiger partial charge in [0.05, 0.1) is 10.8 Å². The van der Waals surface area contributed by atoms with Gasteiger partial charge in [0.15, 0.2) is 0 Å². The number of nitrogens with zero attached hydrogens (tertiary/aromatic N) is 1. The van der Waals surface area contributed by atoms with E-state index in [4.69, 9.17) is 5.73 Å². The third-order valence-electron chi connectivity index (χ3n) is 2.44. The molecule has 0 aliphatic rings. The number of amides is 2. The molecular weight excluding hydrogens is 274 g/mol. The summed E-state index contributed by atoms with van der Waals surface area (Å²) in [4.78, 5) is 26.8. The minimum atomic E-state index is -0.492. The molecule has 2 rings (SSSR count). The molecule has 0 aliphatic heterocycles. The van der Waals surface area contributed by atoms with Crippen LogP contribution in [0.15, 0.2) is 53.7 Å². The summed E-state index contributed by atoms with van der Waals surface area (Å²) in [5.74, 6) is -0.352. The molecule has 3 N–H and O–H groups in total. The molecule has 0 saturated carbocycles. The van der Waals surface area contributed by atoms with Crippen molar-refractivity contribution in [2.24, 2.45) is 5.73 Å². The van der Waals surface area contributed by atoms with E-state index < -0.39 is 5.91 Å². The number of thioether (sulfide) groups is 1. The van der Waals surface area contributed by atoms with E-state index in [1.165, 1.54) is 11.8 Å². The molecule has 102 valence electrons. The summed E-state index contributed by atoms with van der Waals surface area (Å²) in [5, 5.41) is 3.54. The highest BCUT2D eigenvalue weighted by molar-refractivity contribution is 7.99. The van der Waals surface area contributed by atoms with Crippen LogP contribution in [-0.4, -0.2) is 22.6 Å². The van der Waals surface area contributed by atoms with Gasteiger partial charge in [0, 0.05) is 17.4 Å². The van der Waals surface area contributed by atoms with E-state index in [-0.39, 0.29) is 11.7 Å². The lowest BCUT2D eigenvalue weighted by Gasteiger charge is -2.05. The predicted octanol–water partition coefficient (Wildman–Crippen LogP) is 1.91. The molecule has 1 aromatic heterocycles. The average molecular weight is 287 g/mol. The van der Waals surface area contributed by atoms with Crippen LogP contribution in [0.2, 0.25) is 0 Å². The second-order valence-corrected chi connectivity index (χ2v) is 4.94. The minimum Gasteiger partial charge on any atom is -0.366 e. The molecule has 6 heteroatoms. The number of aromatic nitrogens is 1. The van der Waals surface area contributed by atoms with Gasteiger partial charge in [0.1, 0.15) is 0 Å². The van der Waals surface area contributed by atoms with Crippen LogP contribution in [0.4, 0.5) is 5.69 Å². The normalized spacial score (nSPS) is 10.0. The van der Waals surface area contributed by atoms with Crippen LogP contribution in [0.1, 0.15) is 10.4 Å². The number of nitrogens with one attached hydrogen (secondary N) is 1. The quantitative estimate of drug-likeness (QED) is 0.823. The fraction of sp³-hybridized carbons (Fsp3) is 0.0714. The number of primary amides is 1. The van der Waals surface area contributed by atoms with Gasteiger partial charge >= 0.3 is 0 Å². The van der Waals surface area contributed by atoms with E-state index in [0.717, 1.165) is 5.03 Å². The maximum absolute atomic E-state index is 11.8. The molecule has 20 heavy (non-hydrogen) atoms. The fourth-order valence-electron chi connectivity index (χ4n) is 1.49. The Bertz CT molecular complexity index is 600. The first-order valence-corrected chi connectivity index (χ1v) is 6.87. The van der Waals surface area contributed by atoms with Crippen LogP contribution >= 0.6 is 11.8 Å². The second kappa shape index (κ2) is 6.72. The molecule has 0 bridgehead atoms. The van der Waals surface area contributed by atoms with Crippen molar-refractivity contribution < 1.29 is 9.59 Å². The molecule has 0 unspecified atom stereocenters. The molecule has 2 amide bonds. The maximum Gasteiger partial charge on any atom is 0.248 e. The van der Waals surface area contributed by atoms with Gasteiger partial charge in [-0.2, -0.15) is 0 Å². The zero-order valence-corrected chi connectivity index (χ0v) is 11.4.